The Morgan fingerprint density at radius 2 is 1.88 bits per heavy atom. The van der Waals surface area contributed by atoms with E-state index in [1.54, 1.807) is 12.1 Å². The maximum absolute atomic E-state index is 12.7. The van der Waals surface area contributed by atoms with E-state index < -0.39 is 11.2 Å². The molecule has 1 aromatic heterocycles. The lowest BCUT2D eigenvalue weighted by Crippen LogP contribution is -2.30. The van der Waals surface area contributed by atoms with Crippen molar-refractivity contribution in [1.82, 2.24) is 9.55 Å². The molecule has 2 rings (SSSR count). The summed E-state index contributed by atoms with van der Waals surface area (Å²) >= 11 is 3.04. The number of hydrogen-bond acceptors (Lipinski definition) is 2. The van der Waals surface area contributed by atoms with Crippen molar-refractivity contribution in [2.45, 2.75) is 6.54 Å². The third-order valence-corrected chi connectivity index (χ3v) is 2.80. The molecular formula is C11H8BrFN2O2. The molecule has 0 saturated carbocycles. The minimum absolute atomic E-state index is 0.272. The Hall–Kier alpha value is -1.69. The average Bonchev–Trinajstić information content (AvgIpc) is 2.29. The third kappa shape index (κ3) is 2.71. The summed E-state index contributed by atoms with van der Waals surface area (Å²) in [6, 6.07) is 5.81. The number of nitrogens with one attached hydrogen (secondary N) is 1. The van der Waals surface area contributed by atoms with Crippen molar-refractivity contribution in [1.29, 1.82) is 0 Å². The first-order valence-electron chi connectivity index (χ1n) is 4.80. The highest BCUT2D eigenvalue weighted by Crippen LogP contribution is 2.05. The Labute approximate surface area is 104 Å². The van der Waals surface area contributed by atoms with Gasteiger partial charge in [-0.15, -0.1) is 0 Å². The topological polar surface area (TPSA) is 54.9 Å². The predicted molar refractivity (Wildman–Crippen MR) is 64.5 cm³/mol. The predicted octanol–water partition coefficient (Wildman–Crippen LogP) is 1.49. The molecule has 0 saturated heterocycles. The first kappa shape index (κ1) is 11.8. The zero-order chi connectivity index (χ0) is 12.4. The Bertz CT molecular complexity index is 646. The molecule has 1 N–H and O–H groups in total. The van der Waals surface area contributed by atoms with Crippen LogP contribution in [0.2, 0.25) is 0 Å². The third-order valence-electron chi connectivity index (χ3n) is 2.23. The normalized spacial score (nSPS) is 10.5. The van der Waals surface area contributed by atoms with Gasteiger partial charge in [-0.05, 0) is 33.6 Å². The van der Waals surface area contributed by atoms with Crippen molar-refractivity contribution in [3.05, 3.63) is 67.2 Å². The zero-order valence-corrected chi connectivity index (χ0v) is 10.2. The Morgan fingerprint density at radius 1 is 1.24 bits per heavy atom. The fourth-order valence-electron chi connectivity index (χ4n) is 1.39. The van der Waals surface area contributed by atoms with Gasteiger partial charge in [0, 0.05) is 6.20 Å². The van der Waals surface area contributed by atoms with Crippen LogP contribution < -0.4 is 11.2 Å². The molecule has 0 bridgehead atoms. The molecule has 4 nitrogen and oxygen atoms in total. The van der Waals surface area contributed by atoms with Crippen molar-refractivity contribution in [2.75, 3.05) is 0 Å². The molecule has 1 heterocycles. The standard InChI is InChI=1S/C11H8BrFN2O2/c12-9-6-15(11(17)14-10(9)16)5-7-1-3-8(13)4-2-7/h1-4,6H,5H2,(H,14,16,17). The van der Waals surface area contributed by atoms with Gasteiger partial charge >= 0.3 is 5.69 Å². The Balaban J connectivity index is 2.36. The number of H-pyrrole nitrogens is 1. The summed E-state index contributed by atoms with van der Waals surface area (Å²) in [7, 11) is 0. The van der Waals surface area contributed by atoms with Gasteiger partial charge in [0.25, 0.3) is 5.56 Å². The number of benzene rings is 1. The van der Waals surface area contributed by atoms with E-state index in [2.05, 4.69) is 20.9 Å². The van der Waals surface area contributed by atoms with Crippen LogP contribution in [0.15, 0.2) is 44.5 Å². The molecule has 88 valence electrons. The highest BCUT2D eigenvalue weighted by atomic mass is 79.9. The fraction of sp³-hybridized carbons (Fsp3) is 0.0909. The number of aromatic nitrogens is 2. The largest absolute Gasteiger partial charge is 0.328 e. The molecule has 0 radical (unpaired) electrons. The van der Waals surface area contributed by atoms with Crippen molar-refractivity contribution >= 4 is 15.9 Å². The summed E-state index contributed by atoms with van der Waals surface area (Å²) in [6.07, 6.45) is 1.41. The average molecular weight is 299 g/mol. The number of halogens is 2. The van der Waals surface area contributed by atoms with Crippen LogP contribution in [0.25, 0.3) is 0 Å². The molecule has 1 aromatic carbocycles. The fourth-order valence-corrected chi connectivity index (χ4v) is 1.73. The van der Waals surface area contributed by atoms with Crippen LogP contribution >= 0.6 is 15.9 Å². The molecule has 17 heavy (non-hydrogen) atoms. The number of hydrogen-bond donors (Lipinski definition) is 1. The molecular weight excluding hydrogens is 291 g/mol. The summed E-state index contributed by atoms with van der Waals surface area (Å²) in [5, 5.41) is 0. The minimum atomic E-state index is -0.498. The quantitative estimate of drug-likeness (QED) is 0.913. The molecule has 0 fully saturated rings. The lowest BCUT2D eigenvalue weighted by Gasteiger charge is -2.05. The summed E-state index contributed by atoms with van der Waals surface area (Å²) in [5.74, 6) is -0.330. The molecule has 6 heteroatoms. The van der Waals surface area contributed by atoms with E-state index in [4.69, 9.17) is 0 Å². The van der Waals surface area contributed by atoms with Gasteiger partial charge < -0.3 is 0 Å². The van der Waals surface area contributed by atoms with E-state index in [0.29, 0.717) is 0 Å². The second-order valence-corrected chi connectivity index (χ2v) is 4.35. The van der Waals surface area contributed by atoms with Crippen molar-refractivity contribution < 1.29 is 4.39 Å². The van der Waals surface area contributed by atoms with E-state index in [9.17, 15) is 14.0 Å². The Morgan fingerprint density at radius 3 is 2.53 bits per heavy atom. The lowest BCUT2D eigenvalue weighted by molar-refractivity contribution is 0.625. The lowest BCUT2D eigenvalue weighted by atomic mass is 10.2. The van der Waals surface area contributed by atoms with E-state index in [1.165, 1.54) is 22.9 Å². The van der Waals surface area contributed by atoms with Gasteiger partial charge in [-0.3, -0.25) is 14.3 Å². The van der Waals surface area contributed by atoms with Crippen LogP contribution in [-0.4, -0.2) is 9.55 Å². The maximum Gasteiger partial charge on any atom is 0.328 e. The first-order chi connectivity index (χ1) is 8.06. The molecule has 0 aliphatic carbocycles. The van der Waals surface area contributed by atoms with Crippen LogP contribution in [0.5, 0.6) is 0 Å². The Kier molecular flexibility index (Phi) is 3.23. The van der Waals surface area contributed by atoms with E-state index >= 15 is 0 Å². The second-order valence-electron chi connectivity index (χ2n) is 3.49. The molecule has 0 aliphatic heterocycles. The van der Waals surface area contributed by atoms with Crippen molar-refractivity contribution in [3.8, 4) is 0 Å². The minimum Gasteiger partial charge on any atom is -0.295 e. The van der Waals surface area contributed by atoms with Gasteiger partial charge in [-0.2, -0.15) is 0 Å². The van der Waals surface area contributed by atoms with Gasteiger partial charge in [0.05, 0.1) is 11.0 Å². The van der Waals surface area contributed by atoms with Crippen LogP contribution in [0, 0.1) is 5.82 Å². The number of rotatable bonds is 2. The van der Waals surface area contributed by atoms with Crippen molar-refractivity contribution in [2.24, 2.45) is 0 Å². The highest BCUT2D eigenvalue weighted by molar-refractivity contribution is 9.10. The smallest absolute Gasteiger partial charge is 0.295 e. The van der Waals surface area contributed by atoms with Crippen LogP contribution in [0.4, 0.5) is 4.39 Å². The van der Waals surface area contributed by atoms with E-state index in [-0.39, 0.29) is 16.8 Å². The summed E-state index contributed by atoms with van der Waals surface area (Å²) in [4.78, 5) is 24.8. The molecule has 0 aliphatic rings. The second kappa shape index (κ2) is 4.67. The van der Waals surface area contributed by atoms with E-state index in [1.807, 2.05) is 0 Å². The van der Waals surface area contributed by atoms with Crippen molar-refractivity contribution in [3.63, 3.8) is 0 Å². The summed E-state index contributed by atoms with van der Waals surface area (Å²) < 4.78 is 14.3. The van der Waals surface area contributed by atoms with Gasteiger partial charge in [-0.25, -0.2) is 9.18 Å². The number of nitrogens with zero attached hydrogens (tertiary/aromatic N) is 1. The van der Waals surface area contributed by atoms with Crippen LogP contribution in [0.3, 0.4) is 0 Å². The van der Waals surface area contributed by atoms with Gasteiger partial charge in [-0.1, -0.05) is 12.1 Å². The van der Waals surface area contributed by atoms with Crippen LogP contribution in [-0.2, 0) is 6.54 Å². The SMILES string of the molecule is O=c1[nH]c(=O)n(Cc2ccc(F)cc2)cc1Br. The molecule has 0 spiro atoms. The highest BCUT2D eigenvalue weighted by Gasteiger charge is 2.02. The van der Waals surface area contributed by atoms with Gasteiger partial charge in [0.15, 0.2) is 0 Å². The monoisotopic (exact) mass is 298 g/mol. The molecule has 0 unspecified atom stereocenters. The summed E-state index contributed by atoms with van der Waals surface area (Å²) in [5.41, 5.74) is -0.194. The summed E-state index contributed by atoms with van der Waals surface area (Å²) in [6.45, 7) is 0.272. The molecule has 0 amide bonds. The maximum atomic E-state index is 12.7. The molecule has 0 atom stereocenters. The first-order valence-corrected chi connectivity index (χ1v) is 5.59. The molecule has 2 aromatic rings. The van der Waals surface area contributed by atoms with Gasteiger partial charge in [0.1, 0.15) is 5.82 Å². The number of aromatic amines is 1. The zero-order valence-electron chi connectivity index (χ0n) is 8.61. The van der Waals surface area contributed by atoms with Gasteiger partial charge in [0.2, 0.25) is 0 Å². The van der Waals surface area contributed by atoms with Crippen LogP contribution in [0.1, 0.15) is 5.56 Å². The van der Waals surface area contributed by atoms with E-state index in [0.717, 1.165) is 5.56 Å².